The molecule has 0 atom stereocenters. The summed E-state index contributed by atoms with van der Waals surface area (Å²) < 4.78 is 2.15. The van der Waals surface area contributed by atoms with Gasteiger partial charge in [-0.3, -0.25) is 9.48 Å². The van der Waals surface area contributed by atoms with Crippen molar-refractivity contribution < 1.29 is 4.79 Å². The van der Waals surface area contributed by atoms with E-state index in [4.69, 9.17) is 17.3 Å². The van der Waals surface area contributed by atoms with Crippen LogP contribution in [0, 0.1) is 11.8 Å². The van der Waals surface area contributed by atoms with Crippen LogP contribution in [-0.2, 0) is 16.8 Å². The number of nitrogens with two attached hydrogens (primary N) is 1. The van der Waals surface area contributed by atoms with Gasteiger partial charge in [-0.1, -0.05) is 44.2 Å². The molecule has 21 heavy (non-hydrogen) atoms. The number of halogens is 1. The standard InChI is InChI=1S/C15H16ClN3OS/c1-15(2,3)12-6-11(14(16)21-12)5-4-10-7-18-19(8-10)9-13(17)20/h6-8H,9H2,1-3H3,(H2,17,20). The third-order valence-corrected chi connectivity index (χ3v) is 4.50. The fourth-order valence-electron chi connectivity index (χ4n) is 1.64. The van der Waals surface area contributed by atoms with E-state index >= 15 is 0 Å². The molecule has 0 aliphatic carbocycles. The molecular formula is C15H16ClN3OS. The summed E-state index contributed by atoms with van der Waals surface area (Å²) >= 11 is 7.78. The summed E-state index contributed by atoms with van der Waals surface area (Å²) in [7, 11) is 0. The van der Waals surface area contributed by atoms with Crippen molar-refractivity contribution in [1.82, 2.24) is 9.78 Å². The Balaban J connectivity index is 2.21. The SMILES string of the molecule is CC(C)(C)c1cc(C#Cc2cnn(CC(N)=O)c2)c(Cl)s1. The van der Waals surface area contributed by atoms with Gasteiger partial charge < -0.3 is 5.73 Å². The van der Waals surface area contributed by atoms with Crippen LogP contribution in [0.3, 0.4) is 0 Å². The molecule has 0 aromatic carbocycles. The molecule has 2 N–H and O–H groups in total. The highest BCUT2D eigenvalue weighted by atomic mass is 35.5. The molecule has 2 heterocycles. The molecule has 0 unspecified atom stereocenters. The maximum Gasteiger partial charge on any atom is 0.239 e. The average molecular weight is 322 g/mol. The molecule has 0 saturated heterocycles. The molecule has 2 aromatic rings. The van der Waals surface area contributed by atoms with E-state index in [-0.39, 0.29) is 12.0 Å². The lowest BCUT2D eigenvalue weighted by Gasteiger charge is -2.14. The largest absolute Gasteiger partial charge is 0.368 e. The number of amides is 1. The molecule has 0 spiro atoms. The Bertz CT molecular complexity index is 728. The van der Waals surface area contributed by atoms with E-state index in [0.717, 1.165) is 11.1 Å². The Kier molecular flexibility index (Phi) is 4.40. The number of aromatic nitrogens is 2. The van der Waals surface area contributed by atoms with E-state index in [1.165, 1.54) is 9.56 Å². The average Bonchev–Trinajstić information content (AvgIpc) is 2.92. The molecule has 0 saturated carbocycles. The summed E-state index contributed by atoms with van der Waals surface area (Å²) in [6.07, 6.45) is 3.28. The van der Waals surface area contributed by atoms with E-state index in [0.29, 0.717) is 4.34 Å². The van der Waals surface area contributed by atoms with Crippen LogP contribution in [0.25, 0.3) is 0 Å². The van der Waals surface area contributed by atoms with Crippen LogP contribution >= 0.6 is 22.9 Å². The summed E-state index contributed by atoms with van der Waals surface area (Å²) in [5.74, 6) is 5.61. The molecule has 1 amide bonds. The topological polar surface area (TPSA) is 60.9 Å². The minimum absolute atomic E-state index is 0.0507. The van der Waals surface area contributed by atoms with Crippen LogP contribution in [0.2, 0.25) is 4.34 Å². The number of hydrogen-bond acceptors (Lipinski definition) is 3. The molecule has 110 valence electrons. The van der Waals surface area contributed by atoms with Crippen LogP contribution in [0.15, 0.2) is 18.5 Å². The van der Waals surface area contributed by atoms with Gasteiger partial charge in [0.05, 0.1) is 17.3 Å². The second-order valence-corrected chi connectivity index (χ2v) is 7.35. The van der Waals surface area contributed by atoms with Crippen molar-refractivity contribution >= 4 is 28.8 Å². The molecule has 0 radical (unpaired) electrons. The van der Waals surface area contributed by atoms with Gasteiger partial charge in [0.1, 0.15) is 10.9 Å². The molecule has 2 rings (SSSR count). The number of carbonyl (C=O) groups excluding carboxylic acids is 1. The predicted molar refractivity (Wildman–Crippen MR) is 85.4 cm³/mol. The maximum absolute atomic E-state index is 10.8. The van der Waals surface area contributed by atoms with Gasteiger partial charge in [-0.05, 0) is 11.5 Å². The molecule has 2 aromatic heterocycles. The first-order valence-electron chi connectivity index (χ1n) is 6.38. The quantitative estimate of drug-likeness (QED) is 0.865. The minimum atomic E-state index is -0.437. The lowest BCUT2D eigenvalue weighted by molar-refractivity contribution is -0.118. The van der Waals surface area contributed by atoms with E-state index in [9.17, 15) is 4.79 Å². The summed E-state index contributed by atoms with van der Waals surface area (Å²) in [6.45, 7) is 6.47. The van der Waals surface area contributed by atoms with Gasteiger partial charge in [0.2, 0.25) is 5.91 Å². The normalized spacial score (nSPS) is 11.0. The number of nitrogens with zero attached hydrogens (tertiary/aromatic N) is 2. The van der Waals surface area contributed by atoms with Crippen LogP contribution in [0.1, 0.15) is 36.8 Å². The first-order chi connectivity index (χ1) is 9.75. The zero-order chi connectivity index (χ0) is 15.6. The molecule has 4 nitrogen and oxygen atoms in total. The first-order valence-corrected chi connectivity index (χ1v) is 7.58. The minimum Gasteiger partial charge on any atom is -0.368 e. The Labute approximate surface area is 132 Å². The second-order valence-electron chi connectivity index (χ2n) is 5.69. The maximum atomic E-state index is 10.8. The number of carbonyl (C=O) groups is 1. The van der Waals surface area contributed by atoms with E-state index < -0.39 is 5.91 Å². The van der Waals surface area contributed by atoms with E-state index in [2.05, 4.69) is 37.7 Å². The fourth-order valence-corrected chi connectivity index (χ4v) is 2.88. The Morgan fingerprint density at radius 2 is 2.19 bits per heavy atom. The molecule has 0 aliphatic rings. The van der Waals surface area contributed by atoms with Gasteiger partial charge in [0.15, 0.2) is 0 Å². The lowest BCUT2D eigenvalue weighted by Crippen LogP contribution is -2.18. The van der Waals surface area contributed by atoms with Crippen LogP contribution in [0.5, 0.6) is 0 Å². The summed E-state index contributed by atoms with van der Waals surface area (Å²) in [6, 6.07) is 2.02. The van der Waals surface area contributed by atoms with Crippen molar-refractivity contribution in [2.45, 2.75) is 32.7 Å². The van der Waals surface area contributed by atoms with Crippen LogP contribution in [-0.4, -0.2) is 15.7 Å². The van der Waals surface area contributed by atoms with Crippen molar-refractivity contribution in [2.24, 2.45) is 5.73 Å². The first kappa shape index (κ1) is 15.6. The molecule has 0 fully saturated rings. The third-order valence-electron chi connectivity index (χ3n) is 2.72. The number of thiophene rings is 1. The van der Waals surface area contributed by atoms with Crippen molar-refractivity contribution in [1.29, 1.82) is 0 Å². The highest BCUT2D eigenvalue weighted by Crippen LogP contribution is 2.35. The van der Waals surface area contributed by atoms with Gasteiger partial charge in [-0.25, -0.2) is 0 Å². The van der Waals surface area contributed by atoms with Crippen molar-refractivity contribution in [3.05, 3.63) is 38.8 Å². The van der Waals surface area contributed by atoms with Gasteiger partial charge in [-0.2, -0.15) is 5.10 Å². The monoisotopic (exact) mass is 321 g/mol. The van der Waals surface area contributed by atoms with E-state index in [1.54, 1.807) is 23.7 Å². The number of hydrogen-bond donors (Lipinski definition) is 1. The fraction of sp³-hybridized carbons (Fsp3) is 0.333. The molecule has 0 aliphatic heterocycles. The summed E-state index contributed by atoms with van der Waals surface area (Å²) in [5.41, 5.74) is 6.70. The van der Waals surface area contributed by atoms with Gasteiger partial charge >= 0.3 is 0 Å². The molecule has 0 bridgehead atoms. The zero-order valence-electron chi connectivity index (χ0n) is 12.1. The van der Waals surface area contributed by atoms with Gasteiger partial charge in [-0.15, -0.1) is 11.3 Å². The summed E-state index contributed by atoms with van der Waals surface area (Å²) in [4.78, 5) is 12.0. The van der Waals surface area contributed by atoms with Crippen LogP contribution in [0.4, 0.5) is 0 Å². The van der Waals surface area contributed by atoms with Gasteiger partial charge in [0.25, 0.3) is 0 Å². The van der Waals surface area contributed by atoms with Crippen molar-refractivity contribution in [3.8, 4) is 11.8 Å². The smallest absolute Gasteiger partial charge is 0.239 e. The highest BCUT2D eigenvalue weighted by Gasteiger charge is 2.18. The van der Waals surface area contributed by atoms with E-state index in [1.807, 2.05) is 6.07 Å². The Morgan fingerprint density at radius 3 is 2.76 bits per heavy atom. The highest BCUT2D eigenvalue weighted by molar-refractivity contribution is 7.16. The van der Waals surface area contributed by atoms with Gasteiger partial charge in [0, 0.05) is 11.1 Å². The second kappa shape index (κ2) is 5.92. The number of primary amides is 1. The third kappa shape index (κ3) is 4.10. The zero-order valence-corrected chi connectivity index (χ0v) is 13.7. The van der Waals surface area contributed by atoms with Crippen LogP contribution < -0.4 is 5.73 Å². The Morgan fingerprint density at radius 1 is 1.48 bits per heavy atom. The van der Waals surface area contributed by atoms with Crippen molar-refractivity contribution in [3.63, 3.8) is 0 Å². The number of rotatable bonds is 2. The Hall–Kier alpha value is -1.77. The molecule has 6 heteroatoms. The lowest BCUT2D eigenvalue weighted by atomic mass is 9.94. The van der Waals surface area contributed by atoms with Crippen molar-refractivity contribution in [2.75, 3.05) is 0 Å². The predicted octanol–water partition coefficient (Wildman–Crippen LogP) is 2.78. The molecular weight excluding hydrogens is 306 g/mol. The summed E-state index contributed by atoms with van der Waals surface area (Å²) in [5, 5.41) is 4.02.